The zero-order valence-electron chi connectivity index (χ0n) is 10.4. The molecule has 1 aromatic heterocycles. The predicted molar refractivity (Wildman–Crippen MR) is 70.5 cm³/mol. The molecule has 0 atom stereocenters. The van der Waals surface area contributed by atoms with Gasteiger partial charge in [-0.05, 0) is 25.1 Å². The van der Waals surface area contributed by atoms with Gasteiger partial charge in [-0.1, -0.05) is 12.1 Å². The zero-order valence-corrected chi connectivity index (χ0v) is 10.4. The molecular formula is C13H15N3O2. The van der Waals surface area contributed by atoms with Gasteiger partial charge >= 0.3 is 0 Å². The van der Waals surface area contributed by atoms with E-state index < -0.39 is 0 Å². The molecule has 0 fully saturated rings. The third-order valence-electron chi connectivity index (χ3n) is 2.53. The Morgan fingerprint density at radius 3 is 2.83 bits per heavy atom. The van der Waals surface area contributed by atoms with Gasteiger partial charge < -0.3 is 10.5 Å². The lowest BCUT2D eigenvalue weighted by Gasteiger charge is -2.07. The summed E-state index contributed by atoms with van der Waals surface area (Å²) in [6.07, 6.45) is 0. The van der Waals surface area contributed by atoms with E-state index in [2.05, 4.69) is 5.10 Å². The summed E-state index contributed by atoms with van der Waals surface area (Å²) in [4.78, 5) is 11.5. The first kappa shape index (κ1) is 12.2. The second kappa shape index (κ2) is 4.91. The van der Waals surface area contributed by atoms with Crippen LogP contribution in [0.15, 0.2) is 35.1 Å². The number of nitrogens with two attached hydrogens (primary N) is 1. The fourth-order valence-corrected chi connectivity index (χ4v) is 1.68. The fourth-order valence-electron chi connectivity index (χ4n) is 1.68. The first-order chi connectivity index (χ1) is 8.61. The maximum Gasteiger partial charge on any atom is 0.289 e. The fraction of sp³-hybridized carbons (Fsp3) is 0.231. The Kier molecular flexibility index (Phi) is 3.32. The number of hydrogen-bond acceptors (Lipinski definition) is 4. The molecule has 1 aromatic carbocycles. The number of anilines is 1. The van der Waals surface area contributed by atoms with E-state index in [1.54, 1.807) is 13.1 Å². The molecule has 0 bridgehead atoms. The van der Waals surface area contributed by atoms with Crippen LogP contribution in [0.2, 0.25) is 0 Å². The van der Waals surface area contributed by atoms with Crippen molar-refractivity contribution in [3.05, 3.63) is 40.7 Å². The van der Waals surface area contributed by atoms with Crippen LogP contribution in [0, 0.1) is 0 Å². The summed E-state index contributed by atoms with van der Waals surface area (Å²) < 4.78 is 6.66. The van der Waals surface area contributed by atoms with Gasteiger partial charge in [0.2, 0.25) is 0 Å². The van der Waals surface area contributed by atoms with E-state index in [9.17, 15) is 4.79 Å². The molecule has 5 nitrogen and oxygen atoms in total. The van der Waals surface area contributed by atoms with Gasteiger partial charge in [-0.25, -0.2) is 4.68 Å². The number of rotatable bonds is 3. The number of ether oxygens (including phenoxy) is 1. The van der Waals surface area contributed by atoms with Crippen molar-refractivity contribution in [2.24, 2.45) is 7.05 Å². The monoisotopic (exact) mass is 245 g/mol. The van der Waals surface area contributed by atoms with Crippen molar-refractivity contribution in [2.45, 2.75) is 6.92 Å². The van der Waals surface area contributed by atoms with Crippen LogP contribution in [0.25, 0.3) is 11.3 Å². The van der Waals surface area contributed by atoms with Crippen molar-refractivity contribution in [1.82, 2.24) is 9.78 Å². The minimum atomic E-state index is -0.292. The van der Waals surface area contributed by atoms with E-state index in [1.165, 1.54) is 4.68 Å². The van der Waals surface area contributed by atoms with Gasteiger partial charge in [0, 0.05) is 12.6 Å². The van der Waals surface area contributed by atoms with E-state index >= 15 is 0 Å². The van der Waals surface area contributed by atoms with Crippen molar-refractivity contribution in [3.8, 4) is 17.0 Å². The van der Waals surface area contributed by atoms with Crippen LogP contribution in [-0.2, 0) is 7.05 Å². The van der Waals surface area contributed by atoms with Crippen molar-refractivity contribution in [1.29, 1.82) is 0 Å². The number of benzene rings is 1. The van der Waals surface area contributed by atoms with E-state index in [-0.39, 0.29) is 11.2 Å². The zero-order chi connectivity index (χ0) is 13.1. The molecule has 0 radical (unpaired) electrons. The van der Waals surface area contributed by atoms with Gasteiger partial charge in [0.05, 0.1) is 12.3 Å². The number of aromatic nitrogens is 2. The van der Waals surface area contributed by atoms with Gasteiger partial charge in [0.1, 0.15) is 11.4 Å². The van der Waals surface area contributed by atoms with Gasteiger partial charge in [0.15, 0.2) is 0 Å². The average molecular weight is 245 g/mol. The Labute approximate surface area is 105 Å². The van der Waals surface area contributed by atoms with Crippen LogP contribution in [0.1, 0.15) is 6.92 Å². The van der Waals surface area contributed by atoms with E-state index in [0.717, 1.165) is 11.3 Å². The molecule has 0 aliphatic heterocycles. The lowest BCUT2D eigenvalue weighted by atomic mass is 10.1. The lowest BCUT2D eigenvalue weighted by Crippen LogP contribution is -2.22. The Bertz CT molecular complexity index is 594. The van der Waals surface area contributed by atoms with Gasteiger partial charge in [-0.15, -0.1) is 0 Å². The normalized spacial score (nSPS) is 10.3. The van der Waals surface area contributed by atoms with Crippen molar-refractivity contribution >= 4 is 5.69 Å². The number of hydrogen-bond donors (Lipinski definition) is 1. The van der Waals surface area contributed by atoms with Gasteiger partial charge in [-0.3, -0.25) is 4.79 Å². The van der Waals surface area contributed by atoms with E-state index in [1.807, 2.05) is 31.2 Å². The molecule has 0 saturated heterocycles. The maximum atomic E-state index is 11.5. The Morgan fingerprint density at radius 1 is 1.39 bits per heavy atom. The van der Waals surface area contributed by atoms with Crippen LogP contribution >= 0.6 is 0 Å². The summed E-state index contributed by atoms with van der Waals surface area (Å²) in [6.45, 7) is 2.53. The molecule has 0 saturated carbocycles. The summed E-state index contributed by atoms with van der Waals surface area (Å²) in [5.41, 5.74) is 7.06. The molecule has 2 rings (SSSR count). The molecule has 18 heavy (non-hydrogen) atoms. The lowest BCUT2D eigenvalue weighted by molar-refractivity contribution is 0.340. The minimum absolute atomic E-state index is 0.185. The molecule has 0 unspecified atom stereocenters. The van der Waals surface area contributed by atoms with Crippen molar-refractivity contribution in [2.75, 3.05) is 12.3 Å². The maximum absolute atomic E-state index is 11.5. The molecule has 0 aliphatic rings. The third-order valence-corrected chi connectivity index (χ3v) is 2.53. The largest absolute Gasteiger partial charge is 0.494 e. The van der Waals surface area contributed by atoms with Crippen molar-refractivity contribution < 1.29 is 4.74 Å². The standard InChI is InChI=1S/C13H15N3O2/c1-3-18-10-6-4-5-9(7-10)12-8-11(14)13(17)16(2)15-12/h4-8H,3,14H2,1-2H3. The molecule has 1 heterocycles. The van der Waals surface area contributed by atoms with Gasteiger partial charge in [-0.2, -0.15) is 5.10 Å². The number of aryl methyl sites for hydroxylation is 1. The quantitative estimate of drug-likeness (QED) is 0.888. The number of nitrogen functional groups attached to an aromatic ring is 1. The molecular weight excluding hydrogens is 230 g/mol. The molecule has 0 spiro atoms. The molecule has 2 aromatic rings. The second-order valence-electron chi connectivity index (χ2n) is 3.87. The highest BCUT2D eigenvalue weighted by atomic mass is 16.5. The summed E-state index contributed by atoms with van der Waals surface area (Å²) in [5.74, 6) is 0.768. The van der Waals surface area contributed by atoms with Crippen LogP contribution in [0.3, 0.4) is 0 Å². The highest BCUT2D eigenvalue weighted by Gasteiger charge is 2.06. The Morgan fingerprint density at radius 2 is 2.17 bits per heavy atom. The number of nitrogens with zero attached hydrogens (tertiary/aromatic N) is 2. The summed E-state index contributed by atoms with van der Waals surface area (Å²) >= 11 is 0. The smallest absolute Gasteiger partial charge is 0.289 e. The first-order valence-electron chi connectivity index (χ1n) is 5.69. The average Bonchev–Trinajstić information content (AvgIpc) is 2.36. The summed E-state index contributed by atoms with van der Waals surface area (Å²) in [6, 6.07) is 9.10. The van der Waals surface area contributed by atoms with E-state index in [0.29, 0.717) is 12.3 Å². The molecule has 5 heteroatoms. The molecule has 0 amide bonds. The topological polar surface area (TPSA) is 70.1 Å². The van der Waals surface area contributed by atoms with Crippen LogP contribution in [-0.4, -0.2) is 16.4 Å². The highest BCUT2D eigenvalue weighted by molar-refractivity contribution is 5.63. The molecule has 2 N–H and O–H groups in total. The van der Waals surface area contributed by atoms with Crippen LogP contribution in [0.4, 0.5) is 5.69 Å². The highest BCUT2D eigenvalue weighted by Crippen LogP contribution is 2.22. The predicted octanol–water partition coefficient (Wildman–Crippen LogP) is 1.43. The van der Waals surface area contributed by atoms with Crippen molar-refractivity contribution in [3.63, 3.8) is 0 Å². The second-order valence-corrected chi connectivity index (χ2v) is 3.87. The summed E-state index contributed by atoms with van der Waals surface area (Å²) in [5, 5.41) is 4.17. The van der Waals surface area contributed by atoms with Gasteiger partial charge in [0.25, 0.3) is 5.56 Å². The SMILES string of the molecule is CCOc1cccc(-c2cc(N)c(=O)n(C)n2)c1. The Balaban J connectivity index is 2.48. The molecule has 0 aliphatic carbocycles. The third kappa shape index (κ3) is 2.34. The summed E-state index contributed by atoms with van der Waals surface area (Å²) in [7, 11) is 1.58. The minimum Gasteiger partial charge on any atom is -0.494 e. The van der Waals surface area contributed by atoms with E-state index in [4.69, 9.17) is 10.5 Å². The van der Waals surface area contributed by atoms with Crippen LogP contribution < -0.4 is 16.0 Å². The first-order valence-corrected chi connectivity index (χ1v) is 5.69. The van der Waals surface area contributed by atoms with Crippen LogP contribution in [0.5, 0.6) is 5.75 Å². The molecule has 94 valence electrons. The Hall–Kier alpha value is -2.30.